The molecule has 6 atom stereocenters. The smallest absolute Gasteiger partial charge is 0.319 e. The summed E-state index contributed by atoms with van der Waals surface area (Å²) in [7, 11) is 1.49. The second kappa shape index (κ2) is 5.57. The van der Waals surface area contributed by atoms with Gasteiger partial charge >= 0.3 is 5.97 Å². The van der Waals surface area contributed by atoms with Gasteiger partial charge in [-0.1, -0.05) is 18.2 Å². The van der Waals surface area contributed by atoms with Crippen molar-refractivity contribution in [1.82, 2.24) is 9.88 Å². The van der Waals surface area contributed by atoms with E-state index in [1.165, 1.54) is 18.1 Å². The molecule has 4 aliphatic rings. The van der Waals surface area contributed by atoms with Gasteiger partial charge in [-0.3, -0.25) is 9.69 Å². The van der Waals surface area contributed by atoms with Crippen LogP contribution >= 0.6 is 0 Å². The Morgan fingerprint density at radius 3 is 3.00 bits per heavy atom. The van der Waals surface area contributed by atoms with Crippen molar-refractivity contribution in [1.29, 1.82) is 0 Å². The highest BCUT2D eigenvalue weighted by atomic mass is 16.5. The maximum absolute atomic E-state index is 13.3. The van der Waals surface area contributed by atoms with E-state index in [4.69, 9.17) is 4.74 Å². The number of nitrogens with one attached hydrogen (secondary N) is 1. The SMILES string of the molecule is COC(=O)[C@@]12C[C@@H]3C[C@@H]([C@H](C)O)C1N(CCc1c2[nH]c2ccccc12)C3. The quantitative estimate of drug-likeness (QED) is 0.812. The van der Waals surface area contributed by atoms with E-state index in [0.717, 1.165) is 43.6 Å². The largest absolute Gasteiger partial charge is 0.468 e. The van der Waals surface area contributed by atoms with Crippen LogP contribution in [-0.4, -0.2) is 53.3 Å². The number of hydrogen-bond donors (Lipinski definition) is 2. The Morgan fingerprint density at radius 2 is 2.23 bits per heavy atom. The third-order valence-electron chi connectivity index (χ3n) is 7.09. The number of aliphatic hydroxyl groups is 1. The standard InChI is InChI=1S/C21H26N2O3/c1-12(24)16-9-13-10-21(20(25)26-2)18-15(7-8-23(11-13)19(16)21)14-5-3-4-6-17(14)22-18/h3-6,12-13,16,19,22,24H,7-11H2,1-2H3/t12-,13-,16-,19?,21+/m0/s1. The van der Waals surface area contributed by atoms with Gasteiger partial charge in [-0.05, 0) is 43.7 Å². The molecule has 0 radical (unpaired) electrons. The molecule has 0 spiro atoms. The number of carbonyl (C=O) groups is 1. The summed E-state index contributed by atoms with van der Waals surface area (Å²) >= 11 is 0. The van der Waals surface area contributed by atoms with Crippen molar-refractivity contribution in [3.8, 4) is 0 Å². The predicted molar refractivity (Wildman–Crippen MR) is 99.0 cm³/mol. The van der Waals surface area contributed by atoms with Crippen LogP contribution in [0.1, 0.15) is 31.0 Å². The molecular weight excluding hydrogens is 328 g/mol. The Kier molecular flexibility index (Phi) is 3.50. The van der Waals surface area contributed by atoms with Crippen molar-refractivity contribution in [3.05, 3.63) is 35.5 Å². The lowest BCUT2D eigenvalue weighted by molar-refractivity contribution is -0.166. The molecule has 2 unspecified atom stereocenters. The molecule has 138 valence electrons. The molecule has 2 N–H and O–H groups in total. The fourth-order valence-electron chi connectivity index (χ4n) is 6.23. The van der Waals surface area contributed by atoms with Crippen LogP contribution in [-0.2, 0) is 21.4 Å². The van der Waals surface area contributed by atoms with Crippen LogP contribution in [0.5, 0.6) is 0 Å². The van der Waals surface area contributed by atoms with E-state index in [2.05, 4.69) is 28.1 Å². The lowest BCUT2D eigenvalue weighted by Crippen LogP contribution is -2.68. The van der Waals surface area contributed by atoms with Gasteiger partial charge in [0.1, 0.15) is 5.41 Å². The molecule has 1 saturated carbocycles. The van der Waals surface area contributed by atoms with Crippen molar-refractivity contribution in [3.63, 3.8) is 0 Å². The van der Waals surface area contributed by atoms with E-state index >= 15 is 0 Å². The average molecular weight is 354 g/mol. The number of ether oxygens (including phenoxy) is 1. The average Bonchev–Trinajstić information content (AvgIpc) is 3.00. The molecule has 1 aromatic carbocycles. The molecule has 3 fully saturated rings. The number of para-hydroxylation sites is 1. The first-order valence-corrected chi connectivity index (χ1v) is 9.67. The number of hydrogen-bond acceptors (Lipinski definition) is 4. The highest BCUT2D eigenvalue weighted by molar-refractivity contribution is 5.91. The summed E-state index contributed by atoms with van der Waals surface area (Å²) in [5, 5.41) is 11.7. The second-order valence-corrected chi connectivity index (χ2v) is 8.39. The van der Waals surface area contributed by atoms with Crippen molar-refractivity contribution < 1.29 is 14.6 Å². The van der Waals surface area contributed by atoms with Crippen molar-refractivity contribution in [2.45, 2.75) is 43.7 Å². The summed E-state index contributed by atoms with van der Waals surface area (Å²) in [6.45, 7) is 3.82. The summed E-state index contributed by atoms with van der Waals surface area (Å²) in [5.74, 6) is 0.354. The van der Waals surface area contributed by atoms with E-state index in [9.17, 15) is 9.90 Å². The molecule has 3 aliphatic heterocycles. The number of fused-ring (bicyclic) bond motifs is 4. The van der Waals surface area contributed by atoms with Crippen LogP contribution in [0.2, 0.25) is 0 Å². The van der Waals surface area contributed by atoms with Gasteiger partial charge in [-0.25, -0.2) is 0 Å². The first kappa shape index (κ1) is 16.3. The lowest BCUT2D eigenvalue weighted by Gasteiger charge is -2.58. The molecule has 5 nitrogen and oxygen atoms in total. The molecule has 4 bridgehead atoms. The number of aromatic nitrogens is 1. The number of nitrogens with zero attached hydrogens (tertiary/aromatic N) is 1. The zero-order valence-corrected chi connectivity index (χ0v) is 15.4. The van der Waals surface area contributed by atoms with E-state index < -0.39 is 11.5 Å². The molecule has 0 amide bonds. The fraction of sp³-hybridized carbons (Fsp3) is 0.571. The summed E-state index contributed by atoms with van der Waals surface area (Å²) in [5.41, 5.74) is 2.67. The van der Waals surface area contributed by atoms with E-state index in [1.807, 2.05) is 13.0 Å². The summed E-state index contributed by atoms with van der Waals surface area (Å²) in [4.78, 5) is 19.4. The van der Waals surface area contributed by atoms with Gasteiger partial charge in [-0.2, -0.15) is 0 Å². The number of piperidine rings is 2. The number of H-pyrrole nitrogens is 1. The minimum atomic E-state index is -0.706. The maximum atomic E-state index is 13.3. The number of methoxy groups -OCH3 is 1. The van der Waals surface area contributed by atoms with Gasteiger partial charge in [0.25, 0.3) is 0 Å². The molecule has 1 aliphatic carbocycles. The van der Waals surface area contributed by atoms with Crippen molar-refractivity contribution >= 4 is 16.9 Å². The van der Waals surface area contributed by atoms with Crippen LogP contribution in [0, 0.1) is 11.8 Å². The monoisotopic (exact) mass is 354 g/mol. The van der Waals surface area contributed by atoms with Crippen LogP contribution in [0.25, 0.3) is 10.9 Å². The Bertz CT molecular complexity index is 873. The molecule has 1 aromatic heterocycles. The number of aromatic amines is 1. The van der Waals surface area contributed by atoms with Crippen LogP contribution < -0.4 is 0 Å². The first-order chi connectivity index (χ1) is 12.6. The summed E-state index contributed by atoms with van der Waals surface area (Å²) < 4.78 is 5.39. The summed E-state index contributed by atoms with van der Waals surface area (Å²) in [6.07, 6.45) is 2.30. The Labute approximate surface area is 153 Å². The Balaban J connectivity index is 1.80. The van der Waals surface area contributed by atoms with Gasteiger partial charge < -0.3 is 14.8 Å². The van der Waals surface area contributed by atoms with Crippen LogP contribution in [0.15, 0.2) is 24.3 Å². The third-order valence-corrected chi connectivity index (χ3v) is 7.09. The molecule has 2 saturated heterocycles. The highest BCUT2D eigenvalue weighted by Crippen LogP contribution is 2.55. The lowest BCUT2D eigenvalue weighted by atomic mass is 9.56. The highest BCUT2D eigenvalue weighted by Gasteiger charge is 2.63. The summed E-state index contributed by atoms with van der Waals surface area (Å²) in [6, 6.07) is 8.31. The first-order valence-electron chi connectivity index (χ1n) is 9.67. The van der Waals surface area contributed by atoms with Gasteiger partial charge in [0.05, 0.1) is 13.2 Å². The molecule has 4 heterocycles. The number of rotatable bonds is 2. The number of esters is 1. The number of benzene rings is 1. The second-order valence-electron chi connectivity index (χ2n) is 8.39. The van der Waals surface area contributed by atoms with Crippen molar-refractivity contribution in [2.75, 3.05) is 20.2 Å². The fourth-order valence-corrected chi connectivity index (χ4v) is 6.23. The van der Waals surface area contributed by atoms with Crippen LogP contribution in [0.3, 0.4) is 0 Å². The predicted octanol–water partition coefficient (Wildman–Crippen LogP) is 2.23. The molecule has 2 aromatic rings. The third kappa shape index (κ3) is 1.96. The Hall–Kier alpha value is -1.85. The van der Waals surface area contributed by atoms with E-state index in [0.29, 0.717) is 5.92 Å². The molecule has 6 rings (SSSR count). The molecular formula is C21H26N2O3. The van der Waals surface area contributed by atoms with Crippen molar-refractivity contribution in [2.24, 2.45) is 11.8 Å². The van der Waals surface area contributed by atoms with Crippen LogP contribution in [0.4, 0.5) is 0 Å². The zero-order chi connectivity index (χ0) is 18.1. The van der Waals surface area contributed by atoms with E-state index in [1.54, 1.807) is 0 Å². The van der Waals surface area contributed by atoms with Gasteiger partial charge in [0, 0.05) is 41.6 Å². The normalized spacial score (nSPS) is 36.4. The number of aliphatic hydroxyl groups excluding tert-OH is 1. The van der Waals surface area contributed by atoms with Gasteiger partial charge in [-0.15, -0.1) is 0 Å². The van der Waals surface area contributed by atoms with Gasteiger partial charge in [0.15, 0.2) is 0 Å². The van der Waals surface area contributed by atoms with Gasteiger partial charge in [0.2, 0.25) is 0 Å². The topological polar surface area (TPSA) is 65.6 Å². The minimum Gasteiger partial charge on any atom is -0.468 e. The van der Waals surface area contributed by atoms with E-state index in [-0.39, 0.29) is 17.9 Å². The number of carbonyl (C=O) groups excluding carboxylic acids is 1. The molecule has 26 heavy (non-hydrogen) atoms. The maximum Gasteiger partial charge on any atom is 0.319 e. The molecule has 5 heteroatoms. The minimum absolute atomic E-state index is 0.00531. The Morgan fingerprint density at radius 1 is 1.42 bits per heavy atom. The zero-order valence-electron chi connectivity index (χ0n) is 15.4.